The standard InChI is InChI=1S/C10H20O8P2/c1-15-9(11)7(17-19(3,4)13)8(10(12)16-2)18-20(5,6)14/h7-8H,1-6H3. The van der Waals surface area contributed by atoms with E-state index in [1.54, 1.807) is 0 Å². The maximum absolute atomic E-state index is 11.7. The number of methoxy groups -OCH3 is 2. The van der Waals surface area contributed by atoms with Crippen molar-refractivity contribution in [2.45, 2.75) is 12.2 Å². The zero-order valence-corrected chi connectivity index (χ0v) is 14.1. The fourth-order valence-electron chi connectivity index (χ4n) is 1.22. The molecule has 0 N–H and O–H groups in total. The topological polar surface area (TPSA) is 105 Å². The first kappa shape index (κ1) is 19.3. The summed E-state index contributed by atoms with van der Waals surface area (Å²) in [4.78, 5) is 23.4. The van der Waals surface area contributed by atoms with Gasteiger partial charge >= 0.3 is 11.9 Å². The molecule has 2 unspecified atom stereocenters. The fraction of sp³-hybridized carbons (Fsp3) is 0.800. The van der Waals surface area contributed by atoms with Crippen LogP contribution in [0.2, 0.25) is 0 Å². The Labute approximate surface area is 118 Å². The van der Waals surface area contributed by atoms with Crippen LogP contribution in [0.5, 0.6) is 0 Å². The molecule has 0 aliphatic carbocycles. The lowest BCUT2D eigenvalue weighted by Gasteiger charge is -2.26. The molecule has 0 heterocycles. The SMILES string of the molecule is COC(=O)C(OP(C)(C)=O)C(OP(C)(C)=O)C(=O)OC. The molecule has 0 aromatic heterocycles. The third kappa shape index (κ3) is 7.20. The number of ether oxygens (including phenoxy) is 2. The lowest BCUT2D eigenvalue weighted by atomic mass is 10.2. The first-order chi connectivity index (χ1) is 8.91. The Morgan fingerprint density at radius 1 is 0.750 bits per heavy atom. The predicted octanol–water partition coefficient (Wildman–Crippen LogP) is 1.18. The molecule has 0 spiro atoms. The number of esters is 2. The van der Waals surface area contributed by atoms with Gasteiger partial charge in [0.05, 0.1) is 14.2 Å². The molecule has 0 amide bonds. The van der Waals surface area contributed by atoms with E-state index in [9.17, 15) is 18.7 Å². The third-order valence-corrected chi connectivity index (χ3v) is 3.35. The summed E-state index contributed by atoms with van der Waals surface area (Å²) in [5.74, 6) is -1.95. The van der Waals surface area contributed by atoms with Crippen molar-refractivity contribution in [3.05, 3.63) is 0 Å². The van der Waals surface area contributed by atoms with Crippen LogP contribution in [0.15, 0.2) is 0 Å². The van der Waals surface area contributed by atoms with Gasteiger partial charge in [0, 0.05) is 26.7 Å². The molecule has 0 aliphatic rings. The normalized spacial score (nSPS) is 15.3. The summed E-state index contributed by atoms with van der Waals surface area (Å²) in [6.45, 7) is 5.03. The Morgan fingerprint density at radius 2 is 1.00 bits per heavy atom. The molecule has 0 aliphatic heterocycles. The first-order valence-electron chi connectivity index (χ1n) is 5.53. The number of hydrogen-bond acceptors (Lipinski definition) is 8. The minimum absolute atomic E-state index is 0.974. The monoisotopic (exact) mass is 330 g/mol. The van der Waals surface area contributed by atoms with Crippen molar-refractivity contribution < 1.29 is 37.2 Å². The van der Waals surface area contributed by atoms with Gasteiger partial charge in [0.2, 0.25) is 0 Å². The van der Waals surface area contributed by atoms with Crippen LogP contribution < -0.4 is 0 Å². The molecule has 0 bridgehead atoms. The van der Waals surface area contributed by atoms with E-state index < -0.39 is 38.9 Å². The van der Waals surface area contributed by atoms with Gasteiger partial charge in [-0.3, -0.25) is 9.13 Å². The highest BCUT2D eigenvalue weighted by atomic mass is 31.2. The van der Waals surface area contributed by atoms with Crippen LogP contribution in [0.4, 0.5) is 0 Å². The van der Waals surface area contributed by atoms with Crippen molar-refractivity contribution in [3.63, 3.8) is 0 Å². The van der Waals surface area contributed by atoms with Crippen molar-refractivity contribution in [1.29, 1.82) is 0 Å². The van der Waals surface area contributed by atoms with Gasteiger partial charge in [-0.15, -0.1) is 0 Å². The van der Waals surface area contributed by atoms with Crippen molar-refractivity contribution in [2.75, 3.05) is 40.9 Å². The number of carbonyl (C=O) groups excluding carboxylic acids is 2. The zero-order chi connectivity index (χ0) is 16.1. The molecule has 20 heavy (non-hydrogen) atoms. The summed E-state index contributed by atoms with van der Waals surface area (Å²) in [6.07, 6.45) is -3.25. The Kier molecular flexibility index (Phi) is 7.11. The highest BCUT2D eigenvalue weighted by Crippen LogP contribution is 2.44. The minimum atomic E-state index is -3.14. The first-order valence-corrected chi connectivity index (χ1v) is 10.6. The summed E-state index contributed by atoms with van der Waals surface area (Å²) in [7, 11) is -4.13. The van der Waals surface area contributed by atoms with Crippen LogP contribution in [0.1, 0.15) is 0 Å². The smallest absolute Gasteiger partial charge is 0.338 e. The van der Waals surface area contributed by atoms with Crippen molar-refractivity contribution in [3.8, 4) is 0 Å². The third-order valence-electron chi connectivity index (χ3n) is 1.88. The second-order valence-electron chi connectivity index (χ2n) is 4.60. The van der Waals surface area contributed by atoms with Crippen LogP contribution >= 0.6 is 14.7 Å². The van der Waals surface area contributed by atoms with E-state index in [1.165, 1.54) is 26.7 Å². The molecule has 2 atom stereocenters. The molecule has 0 rings (SSSR count). The summed E-state index contributed by atoms with van der Waals surface area (Å²) in [5, 5.41) is 0. The maximum Gasteiger partial charge on any atom is 0.338 e. The Hall–Kier alpha value is -0.680. The van der Waals surface area contributed by atoms with E-state index in [2.05, 4.69) is 9.47 Å². The van der Waals surface area contributed by atoms with Gasteiger partial charge in [-0.1, -0.05) is 0 Å². The van der Waals surface area contributed by atoms with E-state index in [0.29, 0.717) is 0 Å². The van der Waals surface area contributed by atoms with Crippen LogP contribution in [0.3, 0.4) is 0 Å². The van der Waals surface area contributed by atoms with E-state index in [-0.39, 0.29) is 0 Å². The molecule has 0 aromatic rings. The van der Waals surface area contributed by atoms with E-state index in [0.717, 1.165) is 14.2 Å². The Bertz CT molecular complexity index is 406. The van der Waals surface area contributed by atoms with Crippen LogP contribution in [-0.4, -0.2) is 65.0 Å². The number of hydrogen-bond donors (Lipinski definition) is 0. The highest BCUT2D eigenvalue weighted by molar-refractivity contribution is 7.57. The maximum atomic E-state index is 11.7. The average Bonchev–Trinajstić information content (AvgIpc) is 2.29. The van der Waals surface area contributed by atoms with Crippen molar-refractivity contribution >= 4 is 26.7 Å². The second kappa shape index (κ2) is 7.36. The molecule has 8 nitrogen and oxygen atoms in total. The van der Waals surface area contributed by atoms with Gasteiger partial charge < -0.3 is 18.5 Å². The second-order valence-corrected chi connectivity index (χ2v) is 10.0. The van der Waals surface area contributed by atoms with Gasteiger partial charge in [-0.2, -0.15) is 0 Å². The predicted molar refractivity (Wildman–Crippen MR) is 72.7 cm³/mol. The summed E-state index contributed by atoms with van der Waals surface area (Å²) < 4.78 is 42.5. The zero-order valence-electron chi connectivity index (χ0n) is 12.3. The van der Waals surface area contributed by atoms with Crippen molar-refractivity contribution in [1.82, 2.24) is 0 Å². The molecule has 0 radical (unpaired) electrons. The van der Waals surface area contributed by atoms with Gasteiger partial charge in [0.25, 0.3) is 0 Å². The van der Waals surface area contributed by atoms with E-state index in [4.69, 9.17) is 9.05 Å². The lowest BCUT2D eigenvalue weighted by Crippen LogP contribution is -2.43. The summed E-state index contributed by atoms with van der Waals surface area (Å²) in [5.41, 5.74) is 0. The summed E-state index contributed by atoms with van der Waals surface area (Å²) in [6, 6.07) is 0. The Balaban J connectivity index is 5.50. The van der Waals surface area contributed by atoms with Crippen LogP contribution in [-0.2, 0) is 37.2 Å². The van der Waals surface area contributed by atoms with Crippen LogP contribution in [0.25, 0.3) is 0 Å². The lowest BCUT2D eigenvalue weighted by molar-refractivity contribution is -0.165. The van der Waals surface area contributed by atoms with Gasteiger partial charge in [0.15, 0.2) is 26.9 Å². The minimum Gasteiger partial charge on any atom is -0.467 e. The molecular formula is C10H20O8P2. The summed E-state index contributed by atoms with van der Waals surface area (Å²) >= 11 is 0. The van der Waals surface area contributed by atoms with Crippen molar-refractivity contribution in [2.24, 2.45) is 0 Å². The molecule has 118 valence electrons. The van der Waals surface area contributed by atoms with Gasteiger partial charge in [-0.25, -0.2) is 9.59 Å². The highest BCUT2D eigenvalue weighted by Gasteiger charge is 2.42. The average molecular weight is 330 g/mol. The molecule has 0 saturated heterocycles. The van der Waals surface area contributed by atoms with Crippen LogP contribution in [0, 0.1) is 0 Å². The Morgan fingerprint density at radius 3 is 1.15 bits per heavy atom. The number of rotatable bonds is 7. The quantitative estimate of drug-likeness (QED) is 0.506. The van der Waals surface area contributed by atoms with E-state index in [1.807, 2.05) is 0 Å². The molecule has 10 heteroatoms. The molecule has 0 fully saturated rings. The van der Waals surface area contributed by atoms with Gasteiger partial charge in [0.1, 0.15) is 0 Å². The van der Waals surface area contributed by atoms with Gasteiger partial charge in [-0.05, 0) is 0 Å². The molecule has 0 saturated carbocycles. The largest absolute Gasteiger partial charge is 0.467 e. The molecule has 0 aromatic carbocycles. The molecular weight excluding hydrogens is 310 g/mol. The number of carbonyl (C=O) groups is 2. The van der Waals surface area contributed by atoms with E-state index >= 15 is 0 Å². The fourth-order valence-corrected chi connectivity index (χ4v) is 2.71.